The summed E-state index contributed by atoms with van der Waals surface area (Å²) in [5.74, 6) is 0.884. The van der Waals surface area contributed by atoms with E-state index in [1.54, 1.807) is 12.1 Å². The summed E-state index contributed by atoms with van der Waals surface area (Å²) >= 11 is 0. The predicted molar refractivity (Wildman–Crippen MR) is 209 cm³/mol. The van der Waals surface area contributed by atoms with Gasteiger partial charge in [-0.25, -0.2) is 13.6 Å². The molecule has 2 saturated heterocycles. The van der Waals surface area contributed by atoms with Gasteiger partial charge in [-0.2, -0.15) is 26.3 Å². The number of hydrogen-bond donors (Lipinski definition) is 5. The van der Waals surface area contributed by atoms with Crippen molar-refractivity contribution in [1.82, 2.24) is 9.97 Å². The first-order valence-electron chi connectivity index (χ1n) is 19.8. The van der Waals surface area contributed by atoms with Crippen LogP contribution in [-0.2, 0) is 44.1 Å². The van der Waals surface area contributed by atoms with Crippen LogP contribution in [0.2, 0.25) is 0 Å². The number of aliphatic hydroxyl groups is 5. The lowest BCUT2D eigenvalue weighted by molar-refractivity contribution is -0.215. The fraction of sp³-hybridized carbons (Fsp3) is 0.465. The molecule has 6 rings (SSSR count). The fourth-order valence-corrected chi connectivity index (χ4v) is 7.09. The number of carbonyl (C=O) groups excluding carboxylic acids is 1. The molecule has 2 aliphatic heterocycles. The molecule has 356 valence electrons. The van der Waals surface area contributed by atoms with Crippen molar-refractivity contribution in [2.45, 2.75) is 93.3 Å². The lowest BCUT2D eigenvalue weighted by atomic mass is 9.89. The Labute approximate surface area is 366 Å². The van der Waals surface area contributed by atoms with Crippen molar-refractivity contribution in [3.05, 3.63) is 118 Å². The Kier molecular flexibility index (Phi) is 17.1. The van der Waals surface area contributed by atoms with Crippen LogP contribution in [0, 0.1) is 0 Å². The van der Waals surface area contributed by atoms with Crippen molar-refractivity contribution in [1.29, 1.82) is 0 Å². The summed E-state index contributed by atoms with van der Waals surface area (Å²) < 4.78 is 140. The second kappa shape index (κ2) is 21.8. The Morgan fingerprint density at radius 2 is 1.08 bits per heavy atom. The van der Waals surface area contributed by atoms with Crippen molar-refractivity contribution in [3.63, 3.8) is 0 Å². The number of pyridine rings is 2. The van der Waals surface area contributed by atoms with Gasteiger partial charge < -0.3 is 54.0 Å². The fourth-order valence-electron chi connectivity index (χ4n) is 7.09. The molecule has 0 saturated carbocycles. The second-order valence-electron chi connectivity index (χ2n) is 14.8. The van der Waals surface area contributed by atoms with Crippen LogP contribution in [-0.4, -0.2) is 125 Å². The Morgan fingerprint density at radius 1 is 0.646 bits per heavy atom. The summed E-state index contributed by atoms with van der Waals surface area (Å²) in [5.41, 5.74) is -1.26. The van der Waals surface area contributed by atoms with E-state index in [1.807, 2.05) is 0 Å². The molecule has 0 spiro atoms. The number of rotatable bonds is 12. The third-order valence-corrected chi connectivity index (χ3v) is 10.5. The second-order valence-corrected chi connectivity index (χ2v) is 14.8. The highest BCUT2D eigenvalue weighted by Crippen LogP contribution is 2.40. The number of aromatic nitrogens is 2. The van der Waals surface area contributed by atoms with Crippen LogP contribution in [0.25, 0.3) is 0 Å². The molecule has 65 heavy (non-hydrogen) atoms. The minimum Gasteiger partial charge on any atom is -0.495 e. The van der Waals surface area contributed by atoms with Crippen LogP contribution in [0.15, 0.2) is 73.1 Å². The highest BCUT2D eigenvalue weighted by molar-refractivity contribution is 5.59. The SMILES string of the molecule is CCOC(=O)OCC1OC(c2ccc(C(F)(F)F)c(Cc3ccc(OC)cn3)c2)C(O)C(O)C1F.COc1ccc(Cc2cc(C3OC(CO)C(F)C(O)C3O)ccc2C(F)(F)F)nc1. The highest BCUT2D eigenvalue weighted by Gasteiger charge is 2.47. The first kappa shape index (κ1) is 50.8. The maximum absolute atomic E-state index is 14.5. The van der Waals surface area contributed by atoms with Gasteiger partial charge in [0.15, 0.2) is 12.3 Å². The monoisotopic (exact) mass is 934 g/mol. The molecule has 2 aliphatic rings. The van der Waals surface area contributed by atoms with Crippen LogP contribution in [0.4, 0.5) is 39.9 Å². The third-order valence-electron chi connectivity index (χ3n) is 10.5. The maximum Gasteiger partial charge on any atom is 0.508 e. The van der Waals surface area contributed by atoms with Crippen LogP contribution >= 0.6 is 0 Å². The minimum atomic E-state index is -4.67. The zero-order valence-corrected chi connectivity index (χ0v) is 34.7. The number of alkyl halides is 8. The van der Waals surface area contributed by atoms with E-state index in [1.165, 1.54) is 51.7 Å². The van der Waals surface area contributed by atoms with E-state index in [2.05, 4.69) is 14.7 Å². The summed E-state index contributed by atoms with van der Waals surface area (Å²) in [4.78, 5) is 19.6. The lowest BCUT2D eigenvalue weighted by Crippen LogP contribution is -2.53. The standard InChI is InChI=1S/C23H25F4NO7.C20H21F4NO5/c1-3-33-22(31)34-11-17-18(24)19(29)20(30)21(35-17)12-4-7-16(23(25,26)27)13(8-12)9-14-5-6-15(32-2)10-28-14;1-29-13-4-3-12(25-8-13)7-11-6-10(2-5-14(11)20(22,23)24)19-18(28)17(27)16(21)15(9-26)30-19/h4-8,10,17-21,29-30H,3,9,11H2,1-2H3;2-6,8,15-19,26-28H,7,9H2,1H3. The number of aliphatic hydroxyl groups excluding tert-OH is 5. The van der Waals surface area contributed by atoms with E-state index >= 15 is 0 Å². The normalized spacial score (nSPS) is 25.8. The van der Waals surface area contributed by atoms with Gasteiger partial charge in [0.05, 0.1) is 51.0 Å². The first-order valence-corrected chi connectivity index (χ1v) is 19.8. The molecule has 2 fully saturated rings. The van der Waals surface area contributed by atoms with Crippen molar-refractivity contribution in [2.24, 2.45) is 0 Å². The van der Waals surface area contributed by atoms with Gasteiger partial charge in [0.2, 0.25) is 0 Å². The number of methoxy groups -OCH3 is 2. The van der Waals surface area contributed by atoms with Gasteiger partial charge in [0.25, 0.3) is 0 Å². The molecule has 4 heterocycles. The van der Waals surface area contributed by atoms with Gasteiger partial charge in [0.1, 0.15) is 66.9 Å². The number of nitrogens with zero attached hydrogens (tertiary/aromatic N) is 2. The molecule has 2 aromatic carbocycles. The van der Waals surface area contributed by atoms with Crippen molar-refractivity contribution in [2.75, 3.05) is 34.0 Å². The largest absolute Gasteiger partial charge is 0.508 e. The molecule has 10 atom stereocenters. The van der Waals surface area contributed by atoms with Gasteiger partial charge in [-0.1, -0.05) is 24.3 Å². The molecule has 2 aromatic heterocycles. The molecule has 0 amide bonds. The van der Waals surface area contributed by atoms with Gasteiger partial charge in [-0.3, -0.25) is 9.97 Å². The molecule has 0 bridgehead atoms. The summed E-state index contributed by atoms with van der Waals surface area (Å²) in [6, 6.07) is 12.3. The Balaban J connectivity index is 0.000000247. The minimum absolute atomic E-state index is 0.0186. The summed E-state index contributed by atoms with van der Waals surface area (Å²) in [5, 5.41) is 49.9. The van der Waals surface area contributed by atoms with Crippen LogP contribution in [0.5, 0.6) is 11.5 Å². The Morgan fingerprint density at radius 3 is 1.45 bits per heavy atom. The van der Waals surface area contributed by atoms with Gasteiger partial charge in [-0.15, -0.1) is 0 Å². The smallest absolute Gasteiger partial charge is 0.495 e. The molecule has 4 aromatic rings. The van der Waals surface area contributed by atoms with E-state index in [-0.39, 0.29) is 41.7 Å². The molecule has 5 N–H and O–H groups in total. The lowest BCUT2D eigenvalue weighted by Gasteiger charge is -2.39. The number of hydrogen-bond acceptors (Lipinski definition) is 14. The highest BCUT2D eigenvalue weighted by atomic mass is 19.4. The predicted octanol–water partition coefficient (Wildman–Crippen LogP) is 5.56. The number of halogens is 8. The van der Waals surface area contributed by atoms with Gasteiger partial charge in [-0.05, 0) is 65.6 Å². The average Bonchev–Trinajstić information content (AvgIpc) is 3.27. The van der Waals surface area contributed by atoms with Crippen LogP contribution in [0.1, 0.15) is 63.9 Å². The van der Waals surface area contributed by atoms with E-state index in [9.17, 15) is 65.5 Å². The zero-order valence-electron chi connectivity index (χ0n) is 34.7. The molecule has 0 aliphatic carbocycles. The number of benzene rings is 2. The summed E-state index contributed by atoms with van der Waals surface area (Å²) in [6.07, 6.45) is -25.1. The van der Waals surface area contributed by atoms with Crippen molar-refractivity contribution in [3.8, 4) is 11.5 Å². The average molecular weight is 935 g/mol. The summed E-state index contributed by atoms with van der Waals surface area (Å²) in [6.45, 7) is 0.162. The summed E-state index contributed by atoms with van der Waals surface area (Å²) in [7, 11) is 2.87. The number of carbonyl (C=O) groups is 1. The van der Waals surface area contributed by atoms with Crippen LogP contribution in [0.3, 0.4) is 0 Å². The first-order chi connectivity index (χ1) is 30.7. The Hall–Kier alpha value is -5.23. The Bertz CT molecular complexity index is 2160. The zero-order chi connectivity index (χ0) is 47.8. The van der Waals surface area contributed by atoms with Crippen molar-refractivity contribution < 1.29 is 93.9 Å². The molecule has 22 heteroatoms. The van der Waals surface area contributed by atoms with E-state index < -0.39 is 104 Å². The van der Waals surface area contributed by atoms with E-state index in [4.69, 9.17) is 23.7 Å². The number of ether oxygens (including phenoxy) is 6. The molecule has 14 nitrogen and oxygen atoms in total. The molecular weight excluding hydrogens is 888 g/mol. The van der Waals surface area contributed by atoms with E-state index in [0.717, 1.165) is 30.3 Å². The third kappa shape index (κ3) is 12.6. The topological polar surface area (TPSA) is 199 Å². The van der Waals surface area contributed by atoms with Gasteiger partial charge >= 0.3 is 18.5 Å². The molecule has 10 unspecified atom stereocenters. The molecular formula is C43H46F8N2O12. The van der Waals surface area contributed by atoms with Crippen molar-refractivity contribution >= 4 is 6.16 Å². The quantitative estimate of drug-likeness (QED) is 0.0874. The van der Waals surface area contributed by atoms with Crippen LogP contribution < -0.4 is 9.47 Å². The van der Waals surface area contributed by atoms with E-state index in [0.29, 0.717) is 22.9 Å². The molecule has 0 radical (unpaired) electrons. The van der Waals surface area contributed by atoms with Gasteiger partial charge in [0, 0.05) is 24.2 Å². The maximum atomic E-state index is 14.5.